The van der Waals surface area contributed by atoms with Crippen molar-refractivity contribution in [2.24, 2.45) is 5.73 Å². The molecule has 0 aromatic heterocycles. The predicted octanol–water partition coefficient (Wildman–Crippen LogP) is 3.96. The molecule has 2 N–H and O–H groups in total. The Balaban J connectivity index is 1.88. The van der Waals surface area contributed by atoms with Gasteiger partial charge in [0.25, 0.3) is 0 Å². The second-order valence-electron chi connectivity index (χ2n) is 6.52. The van der Waals surface area contributed by atoms with E-state index in [1.54, 1.807) is 0 Å². The minimum absolute atomic E-state index is 0.0267. The lowest BCUT2D eigenvalue weighted by molar-refractivity contribution is 0.00166. The molecule has 0 bridgehead atoms. The van der Waals surface area contributed by atoms with Crippen LogP contribution in [0.25, 0.3) is 0 Å². The zero-order valence-corrected chi connectivity index (χ0v) is 12.5. The maximum Gasteiger partial charge on any atom is 0.128 e. The van der Waals surface area contributed by atoms with E-state index in [4.69, 9.17) is 15.2 Å². The van der Waals surface area contributed by atoms with E-state index in [1.165, 1.54) is 19.3 Å². The molecule has 0 saturated heterocycles. The Bertz CT molecular complexity index is 478. The number of nitrogens with two attached hydrogens (primary N) is 1. The van der Waals surface area contributed by atoms with Crippen molar-refractivity contribution in [2.75, 3.05) is 0 Å². The number of rotatable bonds is 2. The summed E-state index contributed by atoms with van der Waals surface area (Å²) in [4.78, 5) is 0. The highest BCUT2D eigenvalue weighted by molar-refractivity contribution is 5.44. The van der Waals surface area contributed by atoms with Gasteiger partial charge in [0.1, 0.15) is 17.1 Å². The summed E-state index contributed by atoms with van der Waals surface area (Å²) in [5.41, 5.74) is 7.48. The van der Waals surface area contributed by atoms with Crippen LogP contribution >= 0.6 is 0 Å². The minimum atomic E-state index is -0.0267. The highest BCUT2D eigenvalue weighted by atomic mass is 16.5. The number of hydrogen-bond donors (Lipinski definition) is 1. The average molecular weight is 275 g/mol. The van der Waals surface area contributed by atoms with Crippen LogP contribution in [0.4, 0.5) is 0 Å². The van der Waals surface area contributed by atoms with Gasteiger partial charge < -0.3 is 15.2 Å². The summed E-state index contributed by atoms with van der Waals surface area (Å²) in [7, 11) is 0. The molecule has 1 atom stereocenters. The van der Waals surface area contributed by atoms with Gasteiger partial charge in [0.15, 0.2) is 0 Å². The molecule has 1 unspecified atom stereocenters. The molecule has 1 aliphatic carbocycles. The summed E-state index contributed by atoms with van der Waals surface area (Å²) in [6.07, 6.45) is 7.22. The maximum absolute atomic E-state index is 6.39. The van der Waals surface area contributed by atoms with Crippen LogP contribution < -0.4 is 15.2 Å². The van der Waals surface area contributed by atoms with Crippen LogP contribution in [0.15, 0.2) is 18.2 Å². The molecule has 1 fully saturated rings. The summed E-state index contributed by atoms with van der Waals surface area (Å²) in [5, 5.41) is 0. The van der Waals surface area contributed by atoms with Gasteiger partial charge in [-0.25, -0.2) is 0 Å². The van der Waals surface area contributed by atoms with E-state index in [2.05, 4.69) is 6.07 Å². The third kappa shape index (κ3) is 2.64. The molecule has 3 heteroatoms. The molecule has 1 heterocycles. The van der Waals surface area contributed by atoms with Crippen LogP contribution in [0.5, 0.6) is 11.5 Å². The van der Waals surface area contributed by atoms with E-state index in [9.17, 15) is 0 Å². The topological polar surface area (TPSA) is 44.5 Å². The van der Waals surface area contributed by atoms with Crippen LogP contribution in [0, 0.1) is 0 Å². The maximum atomic E-state index is 6.39. The largest absolute Gasteiger partial charge is 0.491 e. The highest BCUT2D eigenvalue weighted by Crippen LogP contribution is 2.46. The summed E-state index contributed by atoms with van der Waals surface area (Å²) >= 11 is 0. The zero-order valence-electron chi connectivity index (χ0n) is 12.5. The van der Waals surface area contributed by atoms with E-state index >= 15 is 0 Å². The van der Waals surface area contributed by atoms with Gasteiger partial charge in [-0.05, 0) is 45.6 Å². The van der Waals surface area contributed by atoms with Gasteiger partial charge in [-0.15, -0.1) is 0 Å². The monoisotopic (exact) mass is 275 g/mol. The number of hydrogen-bond acceptors (Lipinski definition) is 3. The summed E-state index contributed by atoms with van der Waals surface area (Å²) < 4.78 is 12.2. The van der Waals surface area contributed by atoms with Crippen LogP contribution in [0.2, 0.25) is 0 Å². The Hall–Kier alpha value is -1.22. The molecular formula is C17H25NO2. The minimum Gasteiger partial charge on any atom is -0.491 e. The third-order valence-corrected chi connectivity index (χ3v) is 4.44. The zero-order chi connectivity index (χ0) is 14.2. The van der Waals surface area contributed by atoms with Gasteiger partial charge >= 0.3 is 0 Å². The molecule has 0 amide bonds. The van der Waals surface area contributed by atoms with Gasteiger partial charge in [0, 0.05) is 24.1 Å². The van der Waals surface area contributed by atoms with Crippen molar-refractivity contribution in [1.82, 2.24) is 0 Å². The van der Waals surface area contributed by atoms with Gasteiger partial charge in [0.2, 0.25) is 0 Å². The summed E-state index contributed by atoms with van der Waals surface area (Å²) in [6.45, 7) is 4.07. The lowest BCUT2D eigenvalue weighted by Gasteiger charge is -2.43. The lowest BCUT2D eigenvalue weighted by atomic mass is 9.77. The van der Waals surface area contributed by atoms with Crippen molar-refractivity contribution in [3.8, 4) is 11.5 Å². The lowest BCUT2D eigenvalue weighted by Crippen LogP contribution is -2.44. The fourth-order valence-corrected chi connectivity index (χ4v) is 3.54. The highest BCUT2D eigenvalue weighted by Gasteiger charge is 2.40. The molecule has 0 radical (unpaired) electrons. The molecular weight excluding hydrogens is 250 g/mol. The van der Waals surface area contributed by atoms with Crippen LogP contribution in [0.3, 0.4) is 0 Å². The molecule has 3 nitrogen and oxygen atoms in total. The number of fused-ring (bicyclic) bond motifs is 1. The first kappa shape index (κ1) is 13.7. The Labute approximate surface area is 121 Å². The molecule has 1 aliphatic heterocycles. The van der Waals surface area contributed by atoms with E-state index in [-0.39, 0.29) is 17.7 Å². The second kappa shape index (κ2) is 5.28. The standard InChI is InChI=1S/C17H25NO2/c1-12(2)19-13-6-7-14-15(18)11-17(20-16(14)10-13)8-4-3-5-9-17/h6-7,10,12,15H,3-5,8-9,11,18H2,1-2H3. The van der Waals surface area contributed by atoms with E-state index in [0.717, 1.165) is 36.3 Å². The van der Waals surface area contributed by atoms with Gasteiger partial charge in [-0.1, -0.05) is 12.5 Å². The Morgan fingerprint density at radius 1 is 1.25 bits per heavy atom. The fourth-order valence-electron chi connectivity index (χ4n) is 3.54. The first-order chi connectivity index (χ1) is 9.58. The van der Waals surface area contributed by atoms with Crippen LogP contribution in [0.1, 0.15) is 64.0 Å². The van der Waals surface area contributed by atoms with Crippen molar-refractivity contribution in [1.29, 1.82) is 0 Å². The van der Waals surface area contributed by atoms with Crippen LogP contribution in [-0.4, -0.2) is 11.7 Å². The van der Waals surface area contributed by atoms with E-state index < -0.39 is 0 Å². The van der Waals surface area contributed by atoms with Crippen molar-refractivity contribution >= 4 is 0 Å². The fraction of sp³-hybridized carbons (Fsp3) is 0.647. The Morgan fingerprint density at radius 3 is 2.70 bits per heavy atom. The molecule has 110 valence electrons. The molecule has 1 saturated carbocycles. The van der Waals surface area contributed by atoms with Gasteiger partial charge in [-0.3, -0.25) is 0 Å². The van der Waals surface area contributed by atoms with E-state index in [0.29, 0.717) is 0 Å². The molecule has 1 aromatic rings. The first-order valence-electron chi connectivity index (χ1n) is 7.83. The molecule has 3 rings (SSSR count). The van der Waals surface area contributed by atoms with Crippen molar-refractivity contribution in [3.05, 3.63) is 23.8 Å². The smallest absolute Gasteiger partial charge is 0.128 e. The Morgan fingerprint density at radius 2 is 2.00 bits per heavy atom. The van der Waals surface area contributed by atoms with Gasteiger partial charge in [-0.2, -0.15) is 0 Å². The quantitative estimate of drug-likeness (QED) is 0.888. The normalized spacial score (nSPS) is 24.3. The van der Waals surface area contributed by atoms with Crippen LogP contribution in [-0.2, 0) is 0 Å². The third-order valence-electron chi connectivity index (χ3n) is 4.44. The van der Waals surface area contributed by atoms with Crippen molar-refractivity contribution in [2.45, 2.75) is 70.1 Å². The second-order valence-corrected chi connectivity index (χ2v) is 6.52. The predicted molar refractivity (Wildman–Crippen MR) is 80.2 cm³/mol. The summed E-state index contributed by atoms with van der Waals surface area (Å²) in [6, 6.07) is 6.17. The SMILES string of the molecule is CC(C)Oc1ccc2c(c1)OC1(CCCCC1)CC2N. The first-order valence-corrected chi connectivity index (χ1v) is 7.83. The van der Waals surface area contributed by atoms with Crippen molar-refractivity contribution in [3.63, 3.8) is 0 Å². The van der Waals surface area contributed by atoms with Gasteiger partial charge in [0.05, 0.1) is 6.10 Å². The average Bonchev–Trinajstić information content (AvgIpc) is 2.38. The summed E-state index contributed by atoms with van der Waals surface area (Å²) in [5.74, 6) is 1.81. The molecule has 20 heavy (non-hydrogen) atoms. The number of benzene rings is 1. The molecule has 1 aromatic carbocycles. The van der Waals surface area contributed by atoms with Crippen molar-refractivity contribution < 1.29 is 9.47 Å². The number of ether oxygens (including phenoxy) is 2. The Kier molecular flexibility index (Phi) is 3.63. The molecule has 2 aliphatic rings. The molecule has 1 spiro atoms. The van der Waals surface area contributed by atoms with E-state index in [1.807, 2.05) is 26.0 Å².